The molecular formula is C14H19ClN2OS. The Labute approximate surface area is 124 Å². The minimum Gasteiger partial charge on any atom is -0.389 e. The summed E-state index contributed by atoms with van der Waals surface area (Å²) in [4.78, 5) is 0.323. The molecule has 0 saturated carbocycles. The molecule has 19 heavy (non-hydrogen) atoms. The molecule has 1 aliphatic heterocycles. The minimum absolute atomic E-state index is 0.0710. The SMILES string of the molecule is CC1(C)CC(Nc2ccc(C(N)=S)c(Cl)c2)CCO1. The van der Waals surface area contributed by atoms with Crippen molar-refractivity contribution in [3.63, 3.8) is 0 Å². The van der Waals surface area contributed by atoms with Crippen molar-refractivity contribution in [1.29, 1.82) is 0 Å². The van der Waals surface area contributed by atoms with E-state index in [1.165, 1.54) is 0 Å². The Kier molecular flexibility index (Phi) is 4.33. The number of hydrogen-bond donors (Lipinski definition) is 2. The highest BCUT2D eigenvalue weighted by atomic mass is 35.5. The zero-order valence-electron chi connectivity index (χ0n) is 11.2. The number of nitrogens with two attached hydrogens (primary N) is 1. The molecule has 3 N–H and O–H groups in total. The van der Waals surface area contributed by atoms with E-state index in [1.807, 2.05) is 18.2 Å². The van der Waals surface area contributed by atoms with E-state index in [0.29, 0.717) is 16.1 Å². The van der Waals surface area contributed by atoms with Crippen LogP contribution in [-0.4, -0.2) is 23.2 Å². The summed E-state index contributed by atoms with van der Waals surface area (Å²) < 4.78 is 5.71. The number of thiocarbonyl (C=S) groups is 1. The highest BCUT2D eigenvalue weighted by Crippen LogP contribution is 2.28. The molecular weight excluding hydrogens is 280 g/mol. The molecule has 0 amide bonds. The normalized spacial score (nSPS) is 21.9. The van der Waals surface area contributed by atoms with Crippen LogP contribution in [0.3, 0.4) is 0 Å². The van der Waals surface area contributed by atoms with Gasteiger partial charge in [-0.15, -0.1) is 0 Å². The summed E-state index contributed by atoms with van der Waals surface area (Å²) in [5.74, 6) is 0. The summed E-state index contributed by atoms with van der Waals surface area (Å²) in [6.07, 6.45) is 1.97. The van der Waals surface area contributed by atoms with Gasteiger partial charge in [-0.2, -0.15) is 0 Å². The van der Waals surface area contributed by atoms with E-state index < -0.39 is 0 Å². The Balaban J connectivity index is 2.07. The lowest BCUT2D eigenvalue weighted by atomic mass is 9.94. The maximum absolute atomic E-state index is 6.17. The van der Waals surface area contributed by atoms with Crippen LogP contribution >= 0.6 is 23.8 Å². The summed E-state index contributed by atoms with van der Waals surface area (Å²) in [5, 5.41) is 4.08. The molecule has 1 saturated heterocycles. The fraction of sp³-hybridized carbons (Fsp3) is 0.500. The van der Waals surface area contributed by atoms with E-state index in [-0.39, 0.29) is 5.60 Å². The molecule has 5 heteroatoms. The van der Waals surface area contributed by atoms with Crippen LogP contribution < -0.4 is 11.1 Å². The number of hydrogen-bond acceptors (Lipinski definition) is 3. The average molecular weight is 299 g/mol. The average Bonchev–Trinajstić information content (AvgIpc) is 2.27. The number of anilines is 1. The highest BCUT2D eigenvalue weighted by Gasteiger charge is 2.28. The van der Waals surface area contributed by atoms with Gasteiger partial charge in [0, 0.05) is 23.9 Å². The molecule has 1 atom stereocenters. The minimum atomic E-state index is -0.0710. The van der Waals surface area contributed by atoms with Gasteiger partial charge >= 0.3 is 0 Å². The molecule has 104 valence electrons. The van der Waals surface area contributed by atoms with Crippen LogP contribution in [0.2, 0.25) is 5.02 Å². The van der Waals surface area contributed by atoms with Gasteiger partial charge in [-0.05, 0) is 44.9 Å². The zero-order chi connectivity index (χ0) is 14.0. The molecule has 1 aromatic carbocycles. The van der Waals surface area contributed by atoms with Crippen LogP contribution in [0.15, 0.2) is 18.2 Å². The van der Waals surface area contributed by atoms with Crippen LogP contribution in [0.4, 0.5) is 5.69 Å². The van der Waals surface area contributed by atoms with Gasteiger partial charge < -0.3 is 15.8 Å². The standard InChI is InChI=1S/C14H19ClN2OS/c1-14(2)8-10(5-6-18-14)17-9-3-4-11(13(16)19)12(15)7-9/h3-4,7,10,17H,5-6,8H2,1-2H3,(H2,16,19). The number of benzene rings is 1. The van der Waals surface area contributed by atoms with Gasteiger partial charge in [0.2, 0.25) is 0 Å². The predicted octanol–water partition coefficient (Wildman–Crippen LogP) is 3.34. The molecule has 2 rings (SSSR count). The van der Waals surface area contributed by atoms with Crippen LogP contribution in [-0.2, 0) is 4.74 Å². The van der Waals surface area contributed by atoms with Crippen molar-refractivity contribution in [2.24, 2.45) is 5.73 Å². The number of halogens is 1. The first-order valence-corrected chi connectivity index (χ1v) is 7.16. The number of ether oxygens (including phenoxy) is 1. The van der Waals surface area contributed by atoms with Gasteiger partial charge in [-0.3, -0.25) is 0 Å². The van der Waals surface area contributed by atoms with Crippen LogP contribution in [0.25, 0.3) is 0 Å². The smallest absolute Gasteiger partial charge is 0.105 e. The van der Waals surface area contributed by atoms with E-state index >= 15 is 0 Å². The lowest BCUT2D eigenvalue weighted by molar-refractivity contribution is -0.0553. The monoisotopic (exact) mass is 298 g/mol. The van der Waals surface area contributed by atoms with Crippen molar-refractivity contribution in [2.45, 2.75) is 38.3 Å². The Morgan fingerprint density at radius 1 is 1.53 bits per heavy atom. The van der Waals surface area contributed by atoms with Gasteiger partial charge in [0.05, 0.1) is 10.6 Å². The maximum atomic E-state index is 6.17. The van der Waals surface area contributed by atoms with Crippen LogP contribution in [0.1, 0.15) is 32.3 Å². The predicted molar refractivity (Wildman–Crippen MR) is 84.0 cm³/mol. The third kappa shape index (κ3) is 3.81. The van der Waals surface area contributed by atoms with Crippen molar-refractivity contribution in [1.82, 2.24) is 0 Å². The Morgan fingerprint density at radius 2 is 2.26 bits per heavy atom. The highest BCUT2D eigenvalue weighted by molar-refractivity contribution is 7.80. The molecule has 1 aromatic rings. The fourth-order valence-corrected chi connectivity index (χ4v) is 2.91. The first-order valence-electron chi connectivity index (χ1n) is 6.37. The second-order valence-corrected chi connectivity index (χ2v) is 6.35. The third-order valence-corrected chi connectivity index (χ3v) is 3.84. The second-order valence-electron chi connectivity index (χ2n) is 5.50. The van der Waals surface area contributed by atoms with Crippen LogP contribution in [0, 0.1) is 0 Å². The summed E-state index contributed by atoms with van der Waals surface area (Å²) in [5.41, 5.74) is 7.23. The lowest BCUT2D eigenvalue weighted by Crippen LogP contribution is -2.40. The molecule has 1 aliphatic rings. The molecule has 0 radical (unpaired) electrons. The van der Waals surface area contributed by atoms with E-state index in [9.17, 15) is 0 Å². The quantitative estimate of drug-likeness (QED) is 0.840. The van der Waals surface area contributed by atoms with Crippen molar-refractivity contribution in [3.8, 4) is 0 Å². The van der Waals surface area contributed by atoms with Crippen molar-refractivity contribution in [2.75, 3.05) is 11.9 Å². The summed E-state index contributed by atoms with van der Waals surface area (Å²) in [6, 6.07) is 6.09. The summed E-state index contributed by atoms with van der Waals surface area (Å²) >= 11 is 11.1. The first-order chi connectivity index (χ1) is 8.87. The van der Waals surface area contributed by atoms with Crippen molar-refractivity contribution >= 4 is 34.5 Å². The van der Waals surface area contributed by atoms with E-state index in [0.717, 1.165) is 30.7 Å². The number of rotatable bonds is 3. The fourth-order valence-electron chi connectivity index (χ4n) is 2.40. The molecule has 0 spiro atoms. The summed E-state index contributed by atoms with van der Waals surface area (Å²) in [7, 11) is 0. The van der Waals surface area contributed by atoms with E-state index in [2.05, 4.69) is 19.2 Å². The van der Waals surface area contributed by atoms with Crippen molar-refractivity contribution in [3.05, 3.63) is 28.8 Å². The maximum Gasteiger partial charge on any atom is 0.105 e. The van der Waals surface area contributed by atoms with Gasteiger partial charge in [0.25, 0.3) is 0 Å². The molecule has 3 nitrogen and oxygen atoms in total. The Bertz CT molecular complexity index is 490. The molecule has 1 unspecified atom stereocenters. The van der Waals surface area contributed by atoms with E-state index in [1.54, 1.807) is 0 Å². The van der Waals surface area contributed by atoms with Gasteiger partial charge in [-0.1, -0.05) is 23.8 Å². The summed E-state index contributed by atoms with van der Waals surface area (Å²) in [6.45, 7) is 5.01. The third-order valence-electron chi connectivity index (χ3n) is 3.30. The van der Waals surface area contributed by atoms with Crippen LogP contribution in [0.5, 0.6) is 0 Å². The second kappa shape index (κ2) is 5.65. The Hall–Kier alpha value is -0.840. The zero-order valence-corrected chi connectivity index (χ0v) is 12.8. The first kappa shape index (κ1) is 14.6. The van der Waals surface area contributed by atoms with Crippen molar-refractivity contribution < 1.29 is 4.74 Å². The van der Waals surface area contributed by atoms with Gasteiger partial charge in [0.1, 0.15) is 4.99 Å². The molecule has 1 heterocycles. The molecule has 1 fully saturated rings. The van der Waals surface area contributed by atoms with E-state index in [4.69, 9.17) is 34.3 Å². The topological polar surface area (TPSA) is 47.3 Å². The Morgan fingerprint density at radius 3 is 2.84 bits per heavy atom. The lowest BCUT2D eigenvalue weighted by Gasteiger charge is -2.36. The van der Waals surface area contributed by atoms with Gasteiger partial charge in [-0.25, -0.2) is 0 Å². The largest absolute Gasteiger partial charge is 0.389 e. The molecule has 0 aliphatic carbocycles. The van der Waals surface area contributed by atoms with Gasteiger partial charge in [0.15, 0.2) is 0 Å². The molecule has 0 bridgehead atoms. The molecule has 0 aromatic heterocycles. The number of nitrogens with one attached hydrogen (secondary N) is 1.